The summed E-state index contributed by atoms with van der Waals surface area (Å²) in [7, 11) is 1.38. The molecule has 0 bridgehead atoms. The molecule has 0 aromatic rings. The predicted octanol–water partition coefficient (Wildman–Crippen LogP) is -1.40. The van der Waals surface area contributed by atoms with E-state index in [0.717, 1.165) is 0 Å². The van der Waals surface area contributed by atoms with Crippen LogP contribution in [-0.2, 0) is 0 Å². The van der Waals surface area contributed by atoms with E-state index in [1.807, 2.05) is 0 Å². The van der Waals surface area contributed by atoms with Crippen molar-refractivity contribution in [3.63, 3.8) is 0 Å². The summed E-state index contributed by atoms with van der Waals surface area (Å²) < 4.78 is 0. The van der Waals surface area contributed by atoms with Crippen LogP contribution in [0.25, 0.3) is 0 Å². The monoisotopic (exact) mass is 119 g/mol. The zero-order valence-electron chi connectivity index (χ0n) is 4.33. The molecule has 0 saturated carbocycles. The fourth-order valence-corrected chi connectivity index (χ4v) is 0.148. The van der Waals surface area contributed by atoms with E-state index in [-0.39, 0.29) is 5.96 Å². The number of nitrogens with zero attached hydrogens (tertiary/aromatic N) is 2. The van der Waals surface area contributed by atoms with Crippen molar-refractivity contribution >= 4 is 5.96 Å². The Morgan fingerprint density at radius 1 is 2.00 bits per heavy atom. The second kappa shape index (κ2) is 2.78. The molecule has 0 aromatic heterocycles. The third-order valence-corrected chi connectivity index (χ3v) is 0.451. The van der Waals surface area contributed by atoms with Crippen LogP contribution in [0.5, 0.6) is 0 Å². The highest BCUT2D eigenvalue weighted by atomic mass is 16.7. The quantitative estimate of drug-likeness (QED) is 0.225. The standard InChI is InChI=1S/C2H7N4O2/c1-4-2(3)5-6(7)8/h1H3,(H,7,8)(H3,3,4,5)/q+1. The van der Waals surface area contributed by atoms with Crippen molar-refractivity contribution in [2.75, 3.05) is 7.05 Å². The highest BCUT2D eigenvalue weighted by Crippen LogP contribution is 1.55. The normalized spacial score (nSPS) is 10.9. The minimum Gasteiger partial charge on any atom is -0.365 e. The van der Waals surface area contributed by atoms with Crippen LogP contribution < -0.4 is 11.2 Å². The lowest BCUT2D eigenvalue weighted by Gasteiger charge is -1.84. The van der Waals surface area contributed by atoms with Crippen LogP contribution >= 0.6 is 0 Å². The smallest absolute Gasteiger partial charge is 0.362 e. The number of nitrogens with one attached hydrogen (secondary N) is 1. The zero-order valence-corrected chi connectivity index (χ0v) is 4.33. The molecular weight excluding hydrogens is 112 g/mol. The Labute approximate surface area is 45.5 Å². The molecule has 0 radical (unpaired) electrons. The fraction of sp³-hybridized carbons (Fsp3) is 0.500. The second-order valence-electron chi connectivity index (χ2n) is 0.994. The first-order valence-corrected chi connectivity index (χ1v) is 1.82. The Morgan fingerprint density at radius 2 is 2.50 bits per heavy atom. The number of aliphatic imine (C=N–C) groups is 1. The summed E-state index contributed by atoms with van der Waals surface area (Å²) in [6.45, 7) is 0. The van der Waals surface area contributed by atoms with Crippen molar-refractivity contribution in [3.8, 4) is 0 Å². The number of hydrogen-bond acceptors (Lipinski definition) is 2. The molecule has 0 aliphatic heterocycles. The van der Waals surface area contributed by atoms with Gasteiger partial charge in [0.05, 0.1) is 0 Å². The summed E-state index contributed by atoms with van der Waals surface area (Å²) in [5, 5.41) is 7.33. The van der Waals surface area contributed by atoms with Crippen LogP contribution in [0.3, 0.4) is 0 Å². The van der Waals surface area contributed by atoms with Crippen molar-refractivity contribution in [1.29, 1.82) is 0 Å². The van der Waals surface area contributed by atoms with Gasteiger partial charge < -0.3 is 5.73 Å². The highest BCUT2D eigenvalue weighted by Gasteiger charge is 2.01. The molecule has 0 rings (SSSR count). The number of hydrogen-bond donors (Lipinski definition) is 3. The molecule has 6 nitrogen and oxygen atoms in total. The average Bonchev–Trinajstić information content (AvgIpc) is 1.65. The Hall–Kier alpha value is -1.33. The van der Waals surface area contributed by atoms with Gasteiger partial charge in [-0.1, -0.05) is 0 Å². The average molecular weight is 119 g/mol. The molecule has 0 atom stereocenters. The number of guanidine groups is 1. The molecule has 46 valence electrons. The van der Waals surface area contributed by atoms with E-state index in [1.54, 1.807) is 5.43 Å². The largest absolute Gasteiger partial charge is 0.365 e. The molecular formula is C2H7N4O2+. The van der Waals surface area contributed by atoms with E-state index in [9.17, 15) is 4.91 Å². The third-order valence-electron chi connectivity index (χ3n) is 0.451. The molecule has 0 aromatic carbocycles. The number of nitrogens with two attached hydrogens (primary N) is 1. The molecule has 0 spiro atoms. The molecule has 4 N–H and O–H groups in total. The summed E-state index contributed by atoms with van der Waals surface area (Å²) in [4.78, 5) is 12.9. The van der Waals surface area contributed by atoms with E-state index in [4.69, 9.17) is 10.9 Å². The topological polar surface area (TPSA) is 90.7 Å². The van der Waals surface area contributed by atoms with Crippen LogP contribution in [0.2, 0.25) is 0 Å². The Balaban J connectivity index is 3.56. The molecule has 8 heavy (non-hydrogen) atoms. The van der Waals surface area contributed by atoms with Gasteiger partial charge in [0.1, 0.15) is 4.91 Å². The molecule has 0 unspecified atom stereocenters. The first-order chi connectivity index (χ1) is 3.66. The summed E-state index contributed by atoms with van der Waals surface area (Å²) in [5.41, 5.74) is 6.66. The lowest BCUT2D eigenvalue weighted by atomic mass is 11.0. The summed E-state index contributed by atoms with van der Waals surface area (Å²) in [6.07, 6.45) is 0. The Morgan fingerprint density at radius 3 is 2.62 bits per heavy atom. The zero-order chi connectivity index (χ0) is 6.57. The molecule has 0 fully saturated rings. The van der Waals surface area contributed by atoms with E-state index >= 15 is 0 Å². The van der Waals surface area contributed by atoms with Gasteiger partial charge in [-0.3, -0.25) is 4.99 Å². The van der Waals surface area contributed by atoms with E-state index in [1.165, 1.54) is 7.05 Å². The first-order valence-electron chi connectivity index (χ1n) is 1.82. The van der Waals surface area contributed by atoms with E-state index in [2.05, 4.69) is 4.99 Å². The fourth-order valence-electron chi connectivity index (χ4n) is 0.148. The summed E-state index contributed by atoms with van der Waals surface area (Å²) in [5.74, 6) is -0.137. The molecule has 0 heterocycles. The van der Waals surface area contributed by atoms with Gasteiger partial charge >= 0.3 is 5.03 Å². The third kappa shape index (κ3) is 2.88. The summed E-state index contributed by atoms with van der Waals surface area (Å²) >= 11 is 0. The van der Waals surface area contributed by atoms with Gasteiger partial charge in [0.2, 0.25) is 0 Å². The van der Waals surface area contributed by atoms with Gasteiger partial charge in [-0.25, -0.2) is 5.21 Å². The minimum atomic E-state index is -0.525. The van der Waals surface area contributed by atoms with Crippen molar-refractivity contribution in [1.82, 2.24) is 5.43 Å². The minimum absolute atomic E-state index is 0.137. The van der Waals surface area contributed by atoms with Crippen LogP contribution in [-0.4, -0.2) is 23.2 Å². The van der Waals surface area contributed by atoms with Crippen LogP contribution in [0, 0.1) is 4.91 Å². The van der Waals surface area contributed by atoms with Gasteiger partial charge in [-0.05, 0) is 5.43 Å². The maximum atomic E-state index is 9.61. The van der Waals surface area contributed by atoms with Crippen molar-refractivity contribution in [3.05, 3.63) is 4.91 Å². The van der Waals surface area contributed by atoms with Crippen molar-refractivity contribution in [2.45, 2.75) is 0 Å². The van der Waals surface area contributed by atoms with E-state index < -0.39 is 5.03 Å². The molecule has 0 saturated heterocycles. The van der Waals surface area contributed by atoms with Gasteiger partial charge in [0, 0.05) is 7.05 Å². The maximum Gasteiger partial charge on any atom is 0.362 e. The predicted molar refractivity (Wildman–Crippen MR) is 26.1 cm³/mol. The first kappa shape index (κ1) is 6.67. The van der Waals surface area contributed by atoms with Crippen molar-refractivity contribution in [2.24, 2.45) is 10.7 Å². The second-order valence-corrected chi connectivity index (χ2v) is 0.994. The molecule has 0 amide bonds. The molecule has 0 aliphatic rings. The SMILES string of the molecule is CN=C(N)N[N+](=O)O. The maximum absolute atomic E-state index is 9.61. The number of rotatable bonds is 1. The van der Waals surface area contributed by atoms with Crippen LogP contribution in [0.15, 0.2) is 4.99 Å². The van der Waals surface area contributed by atoms with Crippen LogP contribution in [0.1, 0.15) is 0 Å². The van der Waals surface area contributed by atoms with E-state index in [0.29, 0.717) is 0 Å². The Kier molecular flexibility index (Phi) is 2.32. The van der Waals surface area contributed by atoms with Gasteiger partial charge in [-0.15, -0.1) is 0 Å². The highest BCUT2D eigenvalue weighted by molar-refractivity contribution is 5.76. The van der Waals surface area contributed by atoms with Crippen LogP contribution in [0.4, 0.5) is 0 Å². The lowest BCUT2D eigenvalue weighted by molar-refractivity contribution is -0.822. The van der Waals surface area contributed by atoms with Gasteiger partial charge in [-0.2, -0.15) is 0 Å². The number of hydrazine groups is 1. The molecule has 0 aliphatic carbocycles. The Bertz CT molecular complexity index is 119. The van der Waals surface area contributed by atoms with Crippen molar-refractivity contribution < 1.29 is 10.2 Å². The van der Waals surface area contributed by atoms with Gasteiger partial charge in [0.15, 0.2) is 0 Å². The lowest BCUT2D eigenvalue weighted by Crippen LogP contribution is -2.36. The summed E-state index contributed by atoms with van der Waals surface area (Å²) in [6, 6.07) is 0. The molecule has 6 heteroatoms. The van der Waals surface area contributed by atoms with Gasteiger partial charge in [0.25, 0.3) is 5.96 Å².